The molecule has 4 rings (SSSR count). The molecule has 2 unspecified atom stereocenters. The molecule has 4 aromatic rings. The second kappa shape index (κ2) is 15.0. The molecule has 3 aromatic carbocycles. The van der Waals surface area contributed by atoms with Crippen molar-refractivity contribution in [2.24, 2.45) is 10.2 Å². The van der Waals surface area contributed by atoms with Gasteiger partial charge in [0.2, 0.25) is 0 Å². The second-order valence-corrected chi connectivity index (χ2v) is 10.1. The highest BCUT2D eigenvalue weighted by atomic mass is 16.5. The van der Waals surface area contributed by atoms with Gasteiger partial charge >= 0.3 is 11.9 Å². The molecule has 1 aromatic heterocycles. The number of fused-ring (bicyclic) bond motifs is 1. The number of carbonyl (C=O) groups is 2. The van der Waals surface area contributed by atoms with Crippen LogP contribution in [0.2, 0.25) is 0 Å². The zero-order valence-electron chi connectivity index (χ0n) is 25.1. The van der Waals surface area contributed by atoms with Gasteiger partial charge in [0.05, 0.1) is 53.4 Å². The molecule has 0 aliphatic rings. The van der Waals surface area contributed by atoms with Crippen LogP contribution < -0.4 is 10.5 Å². The summed E-state index contributed by atoms with van der Waals surface area (Å²) < 4.78 is 10.2. The molecule has 0 saturated carbocycles. The van der Waals surface area contributed by atoms with Crippen molar-refractivity contribution in [1.29, 1.82) is 10.5 Å². The van der Waals surface area contributed by atoms with Crippen LogP contribution in [0.15, 0.2) is 81.8 Å². The molecule has 12 nitrogen and oxygen atoms in total. The number of aromatic nitrogens is 2. The summed E-state index contributed by atoms with van der Waals surface area (Å²) in [5.74, 6) is -2.50. The van der Waals surface area contributed by atoms with Gasteiger partial charge in [-0.15, -0.1) is 0 Å². The molecule has 0 bridgehead atoms. The Bertz CT molecular complexity index is 1830. The number of nitrogens with zero attached hydrogens (tertiary/aromatic N) is 6. The number of carbonyl (C=O) groups excluding carboxylic acids is 2. The number of nitrogens with one attached hydrogen (secondary N) is 1. The highest BCUT2D eigenvalue weighted by Gasteiger charge is 2.27. The molecule has 0 aliphatic heterocycles. The molecule has 0 aliphatic carbocycles. The number of ether oxygens (including phenoxy) is 2. The first-order valence-electron chi connectivity index (χ1n) is 14.1. The lowest BCUT2D eigenvalue weighted by Gasteiger charge is -2.25. The predicted molar refractivity (Wildman–Crippen MR) is 166 cm³/mol. The van der Waals surface area contributed by atoms with Crippen molar-refractivity contribution in [3.8, 4) is 12.1 Å². The average molecular weight is 606 g/mol. The van der Waals surface area contributed by atoms with E-state index >= 15 is 0 Å². The minimum Gasteiger partial charge on any atom is -0.464 e. The van der Waals surface area contributed by atoms with Crippen molar-refractivity contribution < 1.29 is 19.1 Å². The molecular formula is C33H31N7O5. The molecule has 0 amide bonds. The van der Waals surface area contributed by atoms with E-state index in [1.54, 1.807) is 48.5 Å². The highest BCUT2D eigenvalue weighted by molar-refractivity contribution is 5.77. The lowest BCUT2D eigenvalue weighted by molar-refractivity contribution is -0.141. The molecular weight excluding hydrogens is 574 g/mol. The fourth-order valence-electron chi connectivity index (χ4n) is 4.66. The number of anilines is 1. The molecule has 0 saturated heterocycles. The number of azo groups is 1. The highest BCUT2D eigenvalue weighted by Crippen LogP contribution is 2.32. The van der Waals surface area contributed by atoms with Gasteiger partial charge in [-0.25, -0.2) is 4.98 Å². The van der Waals surface area contributed by atoms with Crippen LogP contribution in [0.5, 0.6) is 0 Å². The van der Waals surface area contributed by atoms with E-state index in [2.05, 4.69) is 32.3 Å². The lowest BCUT2D eigenvalue weighted by Crippen LogP contribution is -2.31. The third-order valence-electron chi connectivity index (χ3n) is 6.94. The number of esters is 2. The van der Waals surface area contributed by atoms with Crippen LogP contribution in [-0.4, -0.2) is 48.2 Å². The number of aromatic amines is 1. The number of benzene rings is 3. The minimum absolute atomic E-state index is 0.131. The first-order chi connectivity index (χ1) is 21.7. The van der Waals surface area contributed by atoms with Gasteiger partial charge in [0.25, 0.3) is 5.56 Å². The molecule has 12 heteroatoms. The van der Waals surface area contributed by atoms with Gasteiger partial charge in [-0.1, -0.05) is 24.3 Å². The maximum absolute atomic E-state index is 12.6. The summed E-state index contributed by atoms with van der Waals surface area (Å²) in [7, 11) is 0. The third-order valence-corrected chi connectivity index (χ3v) is 6.94. The quantitative estimate of drug-likeness (QED) is 0.162. The van der Waals surface area contributed by atoms with Crippen LogP contribution in [-0.2, 0) is 19.1 Å². The summed E-state index contributed by atoms with van der Waals surface area (Å²) in [4.78, 5) is 44.0. The number of aryl methyl sites for hydroxylation is 1. The number of H-pyrrole nitrogens is 1. The van der Waals surface area contributed by atoms with Gasteiger partial charge in [-0.3, -0.25) is 14.4 Å². The summed E-state index contributed by atoms with van der Waals surface area (Å²) >= 11 is 0. The fourth-order valence-corrected chi connectivity index (χ4v) is 4.66. The normalized spacial score (nSPS) is 12.2. The molecule has 1 heterocycles. The van der Waals surface area contributed by atoms with Gasteiger partial charge in [-0.05, 0) is 60.5 Å². The lowest BCUT2D eigenvalue weighted by atomic mass is 9.87. The number of hydrogen-bond acceptors (Lipinski definition) is 11. The van der Waals surface area contributed by atoms with Crippen molar-refractivity contribution in [2.75, 3.05) is 31.2 Å². The summed E-state index contributed by atoms with van der Waals surface area (Å²) in [6.45, 7) is 5.78. The molecule has 0 fully saturated rings. The van der Waals surface area contributed by atoms with Crippen molar-refractivity contribution in [3.63, 3.8) is 0 Å². The Morgan fingerprint density at radius 3 is 2.16 bits per heavy atom. The van der Waals surface area contributed by atoms with Crippen LogP contribution in [0, 0.1) is 29.6 Å². The van der Waals surface area contributed by atoms with Gasteiger partial charge in [0, 0.05) is 19.5 Å². The third kappa shape index (κ3) is 8.36. The van der Waals surface area contributed by atoms with E-state index in [0.717, 1.165) is 11.3 Å². The maximum atomic E-state index is 12.6. The molecule has 0 radical (unpaired) electrons. The SMILES string of the molecule is CC(=O)OCCN(CCOC(C)=O)c1ccc(N=Nc2ccc(C(C#N)C(C#N)c3nc4ccccc4c(=O)[nH]3)cc2)c(C)c1. The largest absolute Gasteiger partial charge is 0.464 e. The summed E-state index contributed by atoms with van der Waals surface area (Å²) in [5, 5.41) is 29.0. The summed E-state index contributed by atoms with van der Waals surface area (Å²) in [5.41, 5.74) is 3.50. The van der Waals surface area contributed by atoms with Gasteiger partial charge in [-0.2, -0.15) is 20.8 Å². The topological polar surface area (TPSA) is 174 Å². The van der Waals surface area contributed by atoms with Crippen LogP contribution in [0.25, 0.3) is 10.9 Å². The van der Waals surface area contributed by atoms with Crippen LogP contribution in [0.1, 0.15) is 42.6 Å². The Kier molecular flexibility index (Phi) is 10.7. The van der Waals surface area contributed by atoms with E-state index in [-0.39, 0.29) is 36.5 Å². The van der Waals surface area contributed by atoms with E-state index in [9.17, 15) is 24.9 Å². The van der Waals surface area contributed by atoms with Crippen molar-refractivity contribution in [3.05, 3.63) is 94.0 Å². The Hall–Kier alpha value is -5.88. The Morgan fingerprint density at radius 1 is 0.911 bits per heavy atom. The second-order valence-electron chi connectivity index (χ2n) is 10.1. The first-order valence-corrected chi connectivity index (χ1v) is 14.1. The standard InChI is InChI=1S/C33H31N7O5/c1-21-18-26(40(14-16-44-22(2)41)15-17-45-23(3)42)12-13-30(21)39-38-25-10-8-24(9-11-25)28(19-34)29(20-35)32-36-31-7-5-4-6-27(31)33(43)37-32/h4-13,18,28-29H,14-17H2,1-3H3,(H,36,37,43). The van der Waals surface area contributed by atoms with Crippen LogP contribution in [0.3, 0.4) is 0 Å². The van der Waals surface area contributed by atoms with Crippen LogP contribution >= 0.6 is 0 Å². The smallest absolute Gasteiger partial charge is 0.302 e. The minimum atomic E-state index is -0.997. The molecule has 2 atom stereocenters. The first kappa shape index (κ1) is 32.0. The van der Waals surface area contributed by atoms with Crippen LogP contribution in [0.4, 0.5) is 17.1 Å². The van der Waals surface area contributed by atoms with Crippen molar-refractivity contribution in [1.82, 2.24) is 9.97 Å². The number of hydrogen-bond donors (Lipinski definition) is 1. The Balaban J connectivity index is 1.49. The number of nitriles is 2. The Labute approximate surface area is 259 Å². The van der Waals surface area contributed by atoms with Crippen molar-refractivity contribution in [2.45, 2.75) is 32.6 Å². The average Bonchev–Trinajstić information content (AvgIpc) is 3.02. The molecule has 228 valence electrons. The zero-order valence-corrected chi connectivity index (χ0v) is 25.1. The summed E-state index contributed by atoms with van der Waals surface area (Å²) in [6.07, 6.45) is 0. The van der Waals surface area contributed by atoms with E-state index in [1.165, 1.54) is 13.8 Å². The maximum Gasteiger partial charge on any atom is 0.302 e. The molecule has 0 spiro atoms. The van der Waals surface area contributed by atoms with E-state index in [4.69, 9.17) is 9.47 Å². The monoisotopic (exact) mass is 605 g/mol. The Morgan fingerprint density at radius 2 is 1.56 bits per heavy atom. The number of para-hydroxylation sites is 1. The predicted octanol–water partition coefficient (Wildman–Crippen LogP) is 5.49. The molecule has 1 N–H and O–H groups in total. The number of rotatable bonds is 12. The van der Waals surface area contributed by atoms with E-state index < -0.39 is 11.8 Å². The molecule has 45 heavy (non-hydrogen) atoms. The van der Waals surface area contributed by atoms with Gasteiger partial charge in [0.15, 0.2) is 0 Å². The fraction of sp³-hybridized carbons (Fsp3) is 0.273. The zero-order chi connectivity index (χ0) is 32.3. The summed E-state index contributed by atoms with van der Waals surface area (Å²) in [6, 6.07) is 23.5. The van der Waals surface area contributed by atoms with E-state index in [1.807, 2.05) is 30.0 Å². The van der Waals surface area contributed by atoms with Gasteiger partial charge in [0.1, 0.15) is 25.0 Å². The van der Waals surface area contributed by atoms with Crippen molar-refractivity contribution >= 4 is 39.9 Å². The van der Waals surface area contributed by atoms with E-state index in [0.29, 0.717) is 40.9 Å². The van der Waals surface area contributed by atoms with Gasteiger partial charge < -0.3 is 19.4 Å².